The Kier molecular flexibility index (Phi) is 4.12. The number of hydrogen-bond donors (Lipinski definition) is 2. The van der Waals surface area contributed by atoms with Crippen LogP contribution in [0.2, 0.25) is 0 Å². The van der Waals surface area contributed by atoms with Crippen LogP contribution >= 0.6 is 0 Å². The number of carboxylic acids is 1. The quantitative estimate of drug-likeness (QED) is 0.681. The average Bonchev–Trinajstić information content (AvgIpc) is 2.63. The molecule has 0 aromatic rings. The van der Waals surface area contributed by atoms with Crippen LogP contribution in [0.15, 0.2) is 0 Å². The maximum Gasteiger partial charge on any atom is 0.312 e. The van der Waals surface area contributed by atoms with Crippen LogP contribution in [0.5, 0.6) is 0 Å². The van der Waals surface area contributed by atoms with Crippen molar-refractivity contribution in [2.45, 2.75) is 45.4 Å². The summed E-state index contributed by atoms with van der Waals surface area (Å²) in [5, 5.41) is 11.2. The molecule has 15 heavy (non-hydrogen) atoms. The van der Waals surface area contributed by atoms with Crippen molar-refractivity contribution < 1.29 is 14.7 Å². The minimum atomic E-state index is -1.07. The van der Waals surface area contributed by atoms with Gasteiger partial charge in [0, 0.05) is 6.54 Å². The van der Waals surface area contributed by atoms with Gasteiger partial charge in [0.15, 0.2) is 0 Å². The van der Waals surface area contributed by atoms with Crippen LogP contribution in [0.25, 0.3) is 0 Å². The minimum absolute atomic E-state index is 0.230. The summed E-state index contributed by atoms with van der Waals surface area (Å²) >= 11 is 0. The Balaban J connectivity index is 2.34. The number of hydrogen-bond acceptors (Lipinski definition) is 2. The van der Waals surface area contributed by atoms with Gasteiger partial charge in [-0.2, -0.15) is 0 Å². The number of carbonyl (C=O) groups excluding carboxylic acids is 1. The predicted molar refractivity (Wildman–Crippen MR) is 56.5 cm³/mol. The smallest absolute Gasteiger partial charge is 0.312 e. The van der Waals surface area contributed by atoms with E-state index < -0.39 is 12.4 Å². The van der Waals surface area contributed by atoms with Crippen LogP contribution in [0, 0.1) is 5.41 Å². The van der Waals surface area contributed by atoms with Gasteiger partial charge in [-0.25, -0.2) is 0 Å². The predicted octanol–water partition coefficient (Wildman–Crippen LogP) is 1.55. The lowest BCUT2D eigenvalue weighted by atomic mass is 9.83. The molecule has 1 rings (SSSR count). The van der Waals surface area contributed by atoms with Gasteiger partial charge >= 0.3 is 5.97 Å². The minimum Gasteiger partial charge on any atom is -0.481 e. The van der Waals surface area contributed by atoms with E-state index in [0.29, 0.717) is 6.54 Å². The summed E-state index contributed by atoms with van der Waals surface area (Å²) in [6, 6.07) is 0. The lowest BCUT2D eigenvalue weighted by Crippen LogP contribution is -2.36. The van der Waals surface area contributed by atoms with Gasteiger partial charge in [0.2, 0.25) is 5.91 Å². The fraction of sp³-hybridized carbons (Fsp3) is 0.818. The summed E-state index contributed by atoms with van der Waals surface area (Å²) in [7, 11) is 0. The van der Waals surface area contributed by atoms with Crippen LogP contribution in [-0.4, -0.2) is 23.5 Å². The molecule has 0 atom stereocenters. The van der Waals surface area contributed by atoms with E-state index in [2.05, 4.69) is 12.2 Å². The van der Waals surface area contributed by atoms with Crippen molar-refractivity contribution in [2.24, 2.45) is 5.41 Å². The Bertz CT molecular complexity index is 244. The third-order valence-electron chi connectivity index (χ3n) is 3.39. The van der Waals surface area contributed by atoms with E-state index in [-0.39, 0.29) is 11.3 Å². The molecule has 1 aliphatic carbocycles. The average molecular weight is 213 g/mol. The second-order valence-electron chi connectivity index (χ2n) is 4.41. The molecule has 1 amide bonds. The molecule has 86 valence electrons. The summed E-state index contributed by atoms with van der Waals surface area (Å²) in [4.78, 5) is 21.5. The molecule has 0 spiro atoms. The van der Waals surface area contributed by atoms with Crippen molar-refractivity contribution in [2.75, 3.05) is 6.54 Å². The lowest BCUT2D eigenvalue weighted by Gasteiger charge is -2.27. The van der Waals surface area contributed by atoms with E-state index in [9.17, 15) is 9.59 Å². The van der Waals surface area contributed by atoms with Gasteiger partial charge < -0.3 is 10.4 Å². The maximum atomic E-state index is 11.2. The molecule has 1 saturated carbocycles. The van der Waals surface area contributed by atoms with E-state index in [1.807, 2.05) is 0 Å². The SMILES string of the molecule is CCC1(CNC(=O)CC(=O)O)CCCC1. The van der Waals surface area contributed by atoms with E-state index in [0.717, 1.165) is 19.3 Å². The number of rotatable bonds is 5. The van der Waals surface area contributed by atoms with Crippen molar-refractivity contribution >= 4 is 11.9 Å². The van der Waals surface area contributed by atoms with Crippen LogP contribution in [-0.2, 0) is 9.59 Å². The summed E-state index contributed by atoms with van der Waals surface area (Å²) in [5.74, 6) is -1.44. The Hall–Kier alpha value is -1.06. The van der Waals surface area contributed by atoms with Gasteiger partial charge in [-0.1, -0.05) is 19.8 Å². The lowest BCUT2D eigenvalue weighted by molar-refractivity contribution is -0.140. The number of aliphatic carboxylic acids is 1. The molecule has 0 aromatic heterocycles. The second kappa shape index (κ2) is 5.14. The third-order valence-corrected chi connectivity index (χ3v) is 3.39. The van der Waals surface area contributed by atoms with Crippen molar-refractivity contribution in [3.8, 4) is 0 Å². The monoisotopic (exact) mass is 213 g/mol. The molecule has 1 fully saturated rings. The van der Waals surface area contributed by atoms with Crippen molar-refractivity contribution in [1.82, 2.24) is 5.32 Å². The van der Waals surface area contributed by atoms with Gasteiger partial charge in [-0.15, -0.1) is 0 Å². The summed E-state index contributed by atoms with van der Waals surface area (Å²) in [6.45, 7) is 2.77. The molecular weight excluding hydrogens is 194 g/mol. The van der Waals surface area contributed by atoms with E-state index in [4.69, 9.17) is 5.11 Å². The van der Waals surface area contributed by atoms with Crippen LogP contribution in [0.4, 0.5) is 0 Å². The highest BCUT2D eigenvalue weighted by Crippen LogP contribution is 2.40. The van der Waals surface area contributed by atoms with Gasteiger partial charge in [-0.3, -0.25) is 9.59 Å². The molecule has 0 saturated heterocycles. The summed E-state index contributed by atoms with van der Waals surface area (Å²) < 4.78 is 0. The Morgan fingerprint density at radius 3 is 2.40 bits per heavy atom. The first-order chi connectivity index (χ1) is 7.08. The van der Waals surface area contributed by atoms with Crippen LogP contribution in [0.3, 0.4) is 0 Å². The number of carboxylic acid groups (broad SMARTS) is 1. The van der Waals surface area contributed by atoms with Gasteiger partial charge in [0.05, 0.1) is 0 Å². The normalized spacial score (nSPS) is 18.7. The Morgan fingerprint density at radius 2 is 1.93 bits per heavy atom. The van der Waals surface area contributed by atoms with E-state index in [1.165, 1.54) is 12.8 Å². The highest BCUT2D eigenvalue weighted by molar-refractivity contribution is 5.93. The molecule has 0 aromatic carbocycles. The molecular formula is C11H19NO3. The van der Waals surface area contributed by atoms with Gasteiger partial charge in [0.25, 0.3) is 0 Å². The third kappa shape index (κ3) is 3.53. The summed E-state index contributed by atoms with van der Waals surface area (Å²) in [5.41, 5.74) is 0.230. The van der Waals surface area contributed by atoms with E-state index in [1.54, 1.807) is 0 Å². The fourth-order valence-corrected chi connectivity index (χ4v) is 2.27. The molecule has 0 radical (unpaired) electrons. The number of amides is 1. The van der Waals surface area contributed by atoms with E-state index >= 15 is 0 Å². The zero-order valence-electron chi connectivity index (χ0n) is 9.21. The first-order valence-corrected chi connectivity index (χ1v) is 5.56. The first-order valence-electron chi connectivity index (χ1n) is 5.56. The molecule has 4 heteroatoms. The van der Waals surface area contributed by atoms with Crippen LogP contribution < -0.4 is 5.32 Å². The van der Waals surface area contributed by atoms with Crippen molar-refractivity contribution in [1.29, 1.82) is 0 Å². The molecule has 2 N–H and O–H groups in total. The Labute approximate surface area is 90.0 Å². The highest BCUT2D eigenvalue weighted by atomic mass is 16.4. The molecule has 0 unspecified atom stereocenters. The van der Waals surface area contributed by atoms with Crippen molar-refractivity contribution in [3.63, 3.8) is 0 Å². The zero-order chi connectivity index (χ0) is 11.3. The Morgan fingerprint density at radius 1 is 1.33 bits per heavy atom. The fourth-order valence-electron chi connectivity index (χ4n) is 2.27. The number of carbonyl (C=O) groups is 2. The van der Waals surface area contributed by atoms with Crippen LogP contribution in [0.1, 0.15) is 45.4 Å². The largest absolute Gasteiger partial charge is 0.481 e. The first kappa shape index (κ1) is 12.0. The standard InChI is InChI=1S/C11H19NO3/c1-2-11(5-3-4-6-11)8-12-9(13)7-10(14)15/h2-8H2,1H3,(H,12,13)(H,14,15). The molecule has 0 heterocycles. The molecule has 0 aliphatic heterocycles. The molecule has 0 bridgehead atoms. The maximum absolute atomic E-state index is 11.2. The van der Waals surface area contributed by atoms with Gasteiger partial charge in [-0.05, 0) is 24.7 Å². The highest BCUT2D eigenvalue weighted by Gasteiger charge is 2.32. The molecule has 4 nitrogen and oxygen atoms in total. The van der Waals surface area contributed by atoms with Crippen molar-refractivity contribution in [3.05, 3.63) is 0 Å². The topological polar surface area (TPSA) is 66.4 Å². The molecule has 1 aliphatic rings. The number of nitrogens with one attached hydrogen (secondary N) is 1. The zero-order valence-corrected chi connectivity index (χ0v) is 9.21. The van der Waals surface area contributed by atoms with Gasteiger partial charge in [0.1, 0.15) is 6.42 Å². The summed E-state index contributed by atoms with van der Waals surface area (Å²) in [6.07, 6.45) is 5.39. The second-order valence-corrected chi connectivity index (χ2v) is 4.41.